The monoisotopic (exact) mass is 284 g/mol. The van der Waals surface area contributed by atoms with Crippen molar-refractivity contribution in [3.63, 3.8) is 0 Å². The number of anilines is 2. The number of hydrogen-bond donors (Lipinski definition) is 3. The molecule has 0 saturated carbocycles. The van der Waals surface area contributed by atoms with Crippen molar-refractivity contribution in [1.82, 2.24) is 10.3 Å². The highest BCUT2D eigenvalue weighted by atomic mass is 32.1. The van der Waals surface area contributed by atoms with Crippen LogP contribution in [0.25, 0.3) is 0 Å². The van der Waals surface area contributed by atoms with Gasteiger partial charge in [-0.05, 0) is 25.7 Å². The van der Waals surface area contributed by atoms with E-state index >= 15 is 0 Å². The fourth-order valence-electron chi connectivity index (χ4n) is 1.33. The van der Waals surface area contributed by atoms with Crippen molar-refractivity contribution in [2.75, 3.05) is 17.6 Å². The average molecular weight is 284 g/mol. The van der Waals surface area contributed by atoms with E-state index in [2.05, 4.69) is 36.4 Å². The molecule has 0 fully saturated rings. The molecule has 1 heterocycles. The molecule has 0 atom stereocenters. The van der Waals surface area contributed by atoms with Crippen LogP contribution in [0.15, 0.2) is 0 Å². The molecule has 0 bridgehead atoms. The molecule has 0 saturated heterocycles. The summed E-state index contributed by atoms with van der Waals surface area (Å²) in [5, 5.41) is 6.76. The third-order valence-electron chi connectivity index (χ3n) is 2.96. The van der Waals surface area contributed by atoms with Gasteiger partial charge < -0.3 is 16.4 Å². The molecular weight excluding hydrogens is 260 g/mol. The van der Waals surface area contributed by atoms with Crippen LogP contribution in [0.2, 0.25) is 0 Å². The zero-order valence-corrected chi connectivity index (χ0v) is 13.1. The number of nitrogens with zero attached hydrogens (tertiary/aromatic N) is 1. The molecule has 1 amide bonds. The van der Waals surface area contributed by atoms with Gasteiger partial charge in [-0.25, -0.2) is 4.98 Å². The first-order valence-electron chi connectivity index (χ1n) is 6.56. The first kappa shape index (κ1) is 15.8. The highest BCUT2D eigenvalue weighted by Gasteiger charge is 2.20. The van der Waals surface area contributed by atoms with E-state index in [4.69, 9.17) is 5.73 Å². The predicted molar refractivity (Wildman–Crippen MR) is 81.7 cm³/mol. The lowest BCUT2D eigenvalue weighted by Gasteiger charge is -2.22. The summed E-state index contributed by atoms with van der Waals surface area (Å²) < 4.78 is 0. The molecule has 6 heteroatoms. The van der Waals surface area contributed by atoms with Gasteiger partial charge in [0.15, 0.2) is 5.13 Å². The van der Waals surface area contributed by atoms with Crippen LogP contribution < -0.4 is 16.4 Å². The number of carbonyl (C=O) groups excluding carboxylic acids is 1. The molecule has 0 aliphatic heterocycles. The molecular formula is C13H24N4OS. The standard InChI is InChI=1S/C13H24N4OS/c1-6-13(4,5)7-15-11(18)9-10(14)17-12(19-9)16-8(2)3/h8H,6-7,14H2,1-5H3,(H,15,18)(H,16,17). The lowest BCUT2D eigenvalue weighted by Crippen LogP contribution is -2.33. The van der Waals surface area contributed by atoms with Gasteiger partial charge in [0, 0.05) is 12.6 Å². The average Bonchev–Trinajstić information content (AvgIpc) is 2.66. The highest BCUT2D eigenvalue weighted by molar-refractivity contribution is 7.18. The van der Waals surface area contributed by atoms with Crippen molar-refractivity contribution < 1.29 is 4.79 Å². The van der Waals surface area contributed by atoms with E-state index in [1.165, 1.54) is 11.3 Å². The number of amides is 1. The first-order valence-corrected chi connectivity index (χ1v) is 7.38. The number of rotatable bonds is 6. The maximum Gasteiger partial charge on any atom is 0.265 e. The van der Waals surface area contributed by atoms with Gasteiger partial charge in [-0.1, -0.05) is 32.1 Å². The van der Waals surface area contributed by atoms with Crippen LogP contribution in [0, 0.1) is 5.41 Å². The van der Waals surface area contributed by atoms with Gasteiger partial charge in [-0.3, -0.25) is 4.79 Å². The summed E-state index contributed by atoms with van der Waals surface area (Å²) in [5.41, 5.74) is 5.88. The Balaban J connectivity index is 2.69. The zero-order chi connectivity index (χ0) is 14.6. The van der Waals surface area contributed by atoms with Crippen LogP contribution >= 0.6 is 11.3 Å². The van der Waals surface area contributed by atoms with Crippen LogP contribution in [-0.2, 0) is 0 Å². The smallest absolute Gasteiger partial charge is 0.265 e. The second kappa shape index (κ2) is 6.23. The predicted octanol–water partition coefficient (Wildman–Crippen LogP) is 2.71. The van der Waals surface area contributed by atoms with E-state index in [1.807, 2.05) is 13.8 Å². The summed E-state index contributed by atoms with van der Waals surface area (Å²) in [6.07, 6.45) is 1.01. The maximum absolute atomic E-state index is 12.1. The van der Waals surface area contributed by atoms with Crippen LogP contribution in [0.3, 0.4) is 0 Å². The van der Waals surface area contributed by atoms with Crippen LogP contribution in [0.4, 0.5) is 10.9 Å². The lowest BCUT2D eigenvalue weighted by atomic mass is 9.90. The highest BCUT2D eigenvalue weighted by Crippen LogP contribution is 2.26. The molecule has 0 spiro atoms. The first-order chi connectivity index (χ1) is 8.75. The maximum atomic E-state index is 12.1. The number of thiazole rings is 1. The Morgan fingerprint density at radius 2 is 2.11 bits per heavy atom. The molecule has 1 aromatic heterocycles. The molecule has 1 aromatic rings. The van der Waals surface area contributed by atoms with Crippen molar-refractivity contribution in [3.8, 4) is 0 Å². The van der Waals surface area contributed by atoms with Gasteiger partial charge in [-0.2, -0.15) is 0 Å². The van der Waals surface area contributed by atoms with Crippen molar-refractivity contribution in [1.29, 1.82) is 0 Å². The quantitative estimate of drug-likeness (QED) is 0.750. The van der Waals surface area contributed by atoms with E-state index in [0.717, 1.165) is 6.42 Å². The van der Waals surface area contributed by atoms with Crippen molar-refractivity contribution in [2.24, 2.45) is 5.41 Å². The van der Waals surface area contributed by atoms with Gasteiger partial charge in [0.25, 0.3) is 5.91 Å². The Labute approximate surface area is 119 Å². The molecule has 0 unspecified atom stereocenters. The Morgan fingerprint density at radius 3 is 2.63 bits per heavy atom. The summed E-state index contributed by atoms with van der Waals surface area (Å²) in [6.45, 7) is 11.0. The second-order valence-corrected chi connectivity index (χ2v) is 6.73. The van der Waals surface area contributed by atoms with Crippen molar-refractivity contribution in [3.05, 3.63) is 4.88 Å². The molecule has 0 aliphatic rings. The summed E-state index contributed by atoms with van der Waals surface area (Å²) in [5.74, 6) is 0.147. The number of nitrogen functional groups attached to an aromatic ring is 1. The van der Waals surface area contributed by atoms with Crippen LogP contribution in [0.1, 0.15) is 50.7 Å². The number of carbonyl (C=O) groups is 1. The molecule has 5 nitrogen and oxygen atoms in total. The second-order valence-electron chi connectivity index (χ2n) is 5.73. The Bertz CT molecular complexity index is 440. The Hall–Kier alpha value is -1.30. The van der Waals surface area contributed by atoms with E-state index < -0.39 is 0 Å². The summed E-state index contributed by atoms with van der Waals surface area (Å²) in [6, 6.07) is 0.264. The molecule has 108 valence electrons. The minimum atomic E-state index is -0.145. The molecule has 4 N–H and O–H groups in total. The van der Waals surface area contributed by atoms with Crippen molar-refractivity contribution in [2.45, 2.75) is 47.1 Å². The molecule has 0 aromatic carbocycles. The van der Waals surface area contributed by atoms with Gasteiger partial charge in [0.05, 0.1) is 0 Å². The van der Waals surface area contributed by atoms with E-state index in [0.29, 0.717) is 22.4 Å². The zero-order valence-electron chi connectivity index (χ0n) is 12.3. The van der Waals surface area contributed by atoms with E-state index in [9.17, 15) is 4.79 Å². The van der Waals surface area contributed by atoms with Gasteiger partial charge >= 0.3 is 0 Å². The van der Waals surface area contributed by atoms with E-state index in [-0.39, 0.29) is 17.4 Å². The minimum absolute atomic E-state index is 0.0914. The lowest BCUT2D eigenvalue weighted by molar-refractivity contribution is 0.0940. The molecule has 0 aliphatic carbocycles. The third-order valence-corrected chi connectivity index (χ3v) is 3.96. The fraction of sp³-hybridized carbons (Fsp3) is 0.692. The van der Waals surface area contributed by atoms with Gasteiger partial charge in [0.2, 0.25) is 0 Å². The molecule has 0 radical (unpaired) electrons. The summed E-state index contributed by atoms with van der Waals surface area (Å²) in [7, 11) is 0. The summed E-state index contributed by atoms with van der Waals surface area (Å²) in [4.78, 5) is 16.7. The minimum Gasteiger partial charge on any atom is -0.382 e. The number of aromatic nitrogens is 1. The van der Waals surface area contributed by atoms with Crippen LogP contribution in [-0.4, -0.2) is 23.5 Å². The Morgan fingerprint density at radius 1 is 1.47 bits per heavy atom. The van der Waals surface area contributed by atoms with E-state index in [1.54, 1.807) is 0 Å². The van der Waals surface area contributed by atoms with Gasteiger partial charge in [0.1, 0.15) is 10.7 Å². The van der Waals surface area contributed by atoms with Gasteiger partial charge in [-0.15, -0.1) is 0 Å². The SMILES string of the molecule is CCC(C)(C)CNC(=O)c1sc(NC(C)C)nc1N. The summed E-state index contributed by atoms with van der Waals surface area (Å²) >= 11 is 1.29. The molecule has 1 rings (SSSR count). The number of nitrogens with one attached hydrogen (secondary N) is 2. The molecule has 19 heavy (non-hydrogen) atoms. The number of hydrogen-bond acceptors (Lipinski definition) is 5. The largest absolute Gasteiger partial charge is 0.382 e. The Kier molecular flexibility index (Phi) is 5.17. The topological polar surface area (TPSA) is 80.0 Å². The normalized spacial score (nSPS) is 11.7. The number of nitrogens with two attached hydrogens (primary N) is 1. The fourth-order valence-corrected chi connectivity index (χ4v) is 2.28. The third kappa shape index (κ3) is 4.70. The van der Waals surface area contributed by atoms with Crippen LogP contribution in [0.5, 0.6) is 0 Å². The van der Waals surface area contributed by atoms with Crippen molar-refractivity contribution >= 4 is 28.2 Å².